The molecule has 1 aliphatic heterocycles. The van der Waals surface area contributed by atoms with Gasteiger partial charge in [0, 0.05) is 48.6 Å². The van der Waals surface area contributed by atoms with Crippen molar-refractivity contribution in [2.24, 2.45) is 5.92 Å². The van der Waals surface area contributed by atoms with Crippen molar-refractivity contribution in [2.45, 2.75) is 13.5 Å². The predicted octanol–water partition coefficient (Wildman–Crippen LogP) is 3.50. The SMILES string of the molecule is Cc1cnc(-c2ccccc2)n1CC1CN(C(=O)c2cccc(C#N)c2)C1. The second-order valence-electron chi connectivity index (χ2n) is 6.97. The molecule has 5 heteroatoms. The van der Waals surface area contributed by atoms with E-state index < -0.39 is 0 Å². The minimum absolute atomic E-state index is 0.00557. The van der Waals surface area contributed by atoms with Crippen molar-refractivity contribution in [3.05, 3.63) is 77.6 Å². The number of aromatic nitrogens is 2. The molecule has 5 nitrogen and oxygen atoms in total. The highest BCUT2D eigenvalue weighted by Gasteiger charge is 2.32. The van der Waals surface area contributed by atoms with E-state index in [-0.39, 0.29) is 5.91 Å². The summed E-state index contributed by atoms with van der Waals surface area (Å²) in [4.78, 5) is 19.0. The Labute approximate surface area is 158 Å². The van der Waals surface area contributed by atoms with Gasteiger partial charge in [-0.3, -0.25) is 4.79 Å². The van der Waals surface area contributed by atoms with Gasteiger partial charge in [-0.15, -0.1) is 0 Å². The molecule has 1 amide bonds. The fourth-order valence-electron chi connectivity index (χ4n) is 3.52. The molecule has 1 aromatic heterocycles. The third-order valence-corrected chi connectivity index (χ3v) is 5.01. The zero-order valence-electron chi connectivity index (χ0n) is 15.2. The summed E-state index contributed by atoms with van der Waals surface area (Å²) in [6, 6.07) is 19.1. The number of aryl methyl sites for hydroxylation is 1. The van der Waals surface area contributed by atoms with E-state index in [1.165, 1.54) is 0 Å². The number of hydrogen-bond donors (Lipinski definition) is 0. The Hall–Kier alpha value is -3.39. The van der Waals surface area contributed by atoms with Crippen LogP contribution in [0.4, 0.5) is 0 Å². The van der Waals surface area contributed by atoms with Gasteiger partial charge in [-0.1, -0.05) is 36.4 Å². The number of imidazole rings is 1. The Morgan fingerprint density at radius 3 is 2.70 bits per heavy atom. The summed E-state index contributed by atoms with van der Waals surface area (Å²) in [6.07, 6.45) is 1.90. The van der Waals surface area contributed by atoms with Gasteiger partial charge >= 0.3 is 0 Å². The highest BCUT2D eigenvalue weighted by Crippen LogP contribution is 2.25. The Kier molecular flexibility index (Phi) is 4.47. The number of hydrogen-bond acceptors (Lipinski definition) is 3. The van der Waals surface area contributed by atoms with Gasteiger partial charge in [-0.05, 0) is 25.1 Å². The normalized spacial score (nSPS) is 13.9. The summed E-state index contributed by atoms with van der Waals surface area (Å²) < 4.78 is 2.23. The first-order valence-electron chi connectivity index (χ1n) is 9.02. The van der Waals surface area contributed by atoms with Crippen LogP contribution in [-0.2, 0) is 6.54 Å². The van der Waals surface area contributed by atoms with E-state index in [0.29, 0.717) is 17.0 Å². The molecule has 3 aromatic rings. The third-order valence-electron chi connectivity index (χ3n) is 5.01. The molecule has 2 aromatic carbocycles. The fraction of sp³-hybridized carbons (Fsp3) is 0.227. The van der Waals surface area contributed by atoms with Crippen molar-refractivity contribution < 1.29 is 4.79 Å². The molecule has 1 saturated heterocycles. The predicted molar refractivity (Wildman–Crippen MR) is 103 cm³/mol. The van der Waals surface area contributed by atoms with Gasteiger partial charge < -0.3 is 9.47 Å². The number of likely N-dealkylation sites (tertiary alicyclic amines) is 1. The summed E-state index contributed by atoms with van der Waals surface area (Å²) in [5.74, 6) is 1.37. The average Bonchev–Trinajstić information content (AvgIpc) is 3.05. The van der Waals surface area contributed by atoms with Gasteiger partial charge in [0.2, 0.25) is 0 Å². The first-order valence-corrected chi connectivity index (χ1v) is 9.02. The maximum atomic E-state index is 12.6. The van der Waals surface area contributed by atoms with Gasteiger partial charge in [0.15, 0.2) is 0 Å². The lowest BCUT2D eigenvalue weighted by Crippen LogP contribution is -2.51. The smallest absolute Gasteiger partial charge is 0.253 e. The third kappa shape index (κ3) is 3.34. The number of carbonyl (C=O) groups excluding carboxylic acids is 1. The van der Waals surface area contributed by atoms with Crippen molar-refractivity contribution in [3.63, 3.8) is 0 Å². The van der Waals surface area contributed by atoms with Crippen LogP contribution in [-0.4, -0.2) is 33.4 Å². The van der Waals surface area contributed by atoms with Gasteiger partial charge in [0.05, 0.1) is 11.6 Å². The zero-order valence-corrected chi connectivity index (χ0v) is 15.2. The molecule has 0 atom stereocenters. The van der Waals surface area contributed by atoms with E-state index in [0.717, 1.165) is 36.7 Å². The number of benzene rings is 2. The molecule has 0 aliphatic carbocycles. The van der Waals surface area contributed by atoms with Crippen LogP contribution in [0.3, 0.4) is 0 Å². The van der Waals surface area contributed by atoms with Crippen LogP contribution < -0.4 is 0 Å². The Bertz CT molecular complexity index is 1010. The summed E-state index contributed by atoms with van der Waals surface area (Å²) in [7, 11) is 0. The molecule has 27 heavy (non-hydrogen) atoms. The number of carbonyl (C=O) groups is 1. The molecular formula is C22H20N4O. The fourth-order valence-corrected chi connectivity index (χ4v) is 3.52. The number of nitrogens with zero attached hydrogens (tertiary/aromatic N) is 4. The molecule has 0 radical (unpaired) electrons. The van der Waals surface area contributed by atoms with E-state index >= 15 is 0 Å². The van der Waals surface area contributed by atoms with E-state index in [2.05, 4.69) is 34.7 Å². The van der Waals surface area contributed by atoms with Crippen LogP contribution >= 0.6 is 0 Å². The Morgan fingerprint density at radius 2 is 1.96 bits per heavy atom. The summed E-state index contributed by atoms with van der Waals surface area (Å²) in [6.45, 7) is 4.36. The average molecular weight is 356 g/mol. The molecule has 0 N–H and O–H groups in total. The quantitative estimate of drug-likeness (QED) is 0.719. The second-order valence-corrected chi connectivity index (χ2v) is 6.97. The lowest BCUT2D eigenvalue weighted by atomic mass is 9.98. The summed E-state index contributed by atoms with van der Waals surface area (Å²) in [5, 5.41) is 9.00. The van der Waals surface area contributed by atoms with Crippen LogP contribution in [0.25, 0.3) is 11.4 Å². The van der Waals surface area contributed by atoms with E-state index in [1.54, 1.807) is 24.3 Å². The molecule has 0 saturated carbocycles. The van der Waals surface area contributed by atoms with Crippen molar-refractivity contribution >= 4 is 5.91 Å². The van der Waals surface area contributed by atoms with Crippen LogP contribution in [0.15, 0.2) is 60.8 Å². The summed E-state index contributed by atoms with van der Waals surface area (Å²) in [5.41, 5.74) is 3.32. The number of amides is 1. The Balaban J connectivity index is 1.43. The van der Waals surface area contributed by atoms with E-state index in [4.69, 9.17) is 5.26 Å². The first-order chi connectivity index (χ1) is 13.2. The largest absolute Gasteiger partial charge is 0.338 e. The lowest BCUT2D eigenvalue weighted by molar-refractivity contribution is 0.0469. The second kappa shape index (κ2) is 7.08. The maximum Gasteiger partial charge on any atom is 0.253 e. The van der Waals surface area contributed by atoms with E-state index in [1.807, 2.05) is 29.3 Å². The molecule has 0 unspecified atom stereocenters. The molecule has 2 heterocycles. The maximum absolute atomic E-state index is 12.6. The van der Waals surface area contributed by atoms with Crippen LogP contribution in [0.1, 0.15) is 21.6 Å². The monoisotopic (exact) mass is 356 g/mol. The topological polar surface area (TPSA) is 61.9 Å². The molecule has 0 spiro atoms. The number of nitriles is 1. The van der Waals surface area contributed by atoms with Crippen LogP contribution in [0.5, 0.6) is 0 Å². The van der Waals surface area contributed by atoms with Gasteiger partial charge in [0.25, 0.3) is 5.91 Å². The molecule has 0 bridgehead atoms. The van der Waals surface area contributed by atoms with Crippen molar-refractivity contribution in [2.75, 3.05) is 13.1 Å². The molecule has 4 rings (SSSR count). The minimum Gasteiger partial charge on any atom is -0.338 e. The first kappa shape index (κ1) is 17.0. The minimum atomic E-state index is -0.00557. The van der Waals surface area contributed by atoms with Gasteiger partial charge in [0.1, 0.15) is 5.82 Å². The molecule has 134 valence electrons. The van der Waals surface area contributed by atoms with Gasteiger partial charge in [-0.2, -0.15) is 5.26 Å². The highest BCUT2D eigenvalue weighted by atomic mass is 16.2. The van der Waals surface area contributed by atoms with Crippen molar-refractivity contribution in [1.82, 2.24) is 14.5 Å². The number of rotatable bonds is 4. The molecular weight excluding hydrogens is 336 g/mol. The zero-order chi connectivity index (χ0) is 18.8. The molecule has 1 aliphatic rings. The van der Waals surface area contributed by atoms with E-state index in [9.17, 15) is 4.79 Å². The standard InChI is InChI=1S/C22H20N4O/c1-16-12-24-21(19-7-3-2-4-8-19)26(16)15-18-13-25(14-18)22(27)20-9-5-6-17(10-20)11-23/h2-10,12,18H,13-15H2,1H3. The highest BCUT2D eigenvalue weighted by molar-refractivity contribution is 5.95. The van der Waals surface area contributed by atoms with Gasteiger partial charge in [-0.25, -0.2) is 4.98 Å². The van der Waals surface area contributed by atoms with Crippen molar-refractivity contribution in [3.8, 4) is 17.5 Å². The van der Waals surface area contributed by atoms with Crippen LogP contribution in [0.2, 0.25) is 0 Å². The van der Waals surface area contributed by atoms with Crippen molar-refractivity contribution in [1.29, 1.82) is 5.26 Å². The van der Waals surface area contributed by atoms with Crippen LogP contribution in [0, 0.1) is 24.2 Å². The Morgan fingerprint density at radius 1 is 1.19 bits per heavy atom. The molecule has 1 fully saturated rings. The lowest BCUT2D eigenvalue weighted by Gasteiger charge is -2.40. The summed E-state index contributed by atoms with van der Waals surface area (Å²) >= 11 is 0.